The van der Waals surface area contributed by atoms with Crippen LogP contribution in [0.3, 0.4) is 0 Å². The van der Waals surface area contributed by atoms with E-state index in [0.717, 1.165) is 21.5 Å². The first-order valence-corrected chi connectivity index (χ1v) is 17.3. The summed E-state index contributed by atoms with van der Waals surface area (Å²) in [4.78, 5) is 80.6. The van der Waals surface area contributed by atoms with Gasteiger partial charge in [0.25, 0.3) is 5.56 Å². The quantitative estimate of drug-likeness (QED) is 0.0872. The number of para-hydroxylation sites is 1. The van der Waals surface area contributed by atoms with E-state index in [1.54, 1.807) is 26.2 Å². The highest BCUT2D eigenvalue weighted by Gasteiger charge is 2.34. The van der Waals surface area contributed by atoms with Crippen molar-refractivity contribution in [1.29, 1.82) is 0 Å². The molecule has 3 heterocycles. The fraction of sp³-hybridized carbons (Fsp3) is 0.419. The van der Waals surface area contributed by atoms with Gasteiger partial charge in [0.1, 0.15) is 30.0 Å². The zero-order valence-corrected chi connectivity index (χ0v) is 28.2. The number of likely N-dealkylation sites (N-methyl/N-ethyl adjacent to an activating group) is 1. The summed E-state index contributed by atoms with van der Waals surface area (Å²) in [5.74, 6) is -2.68. The molecular weight excluding hydrogens is 676 g/mol. The number of aliphatic carboxylic acids is 1. The molecule has 1 aliphatic heterocycles. The molecule has 18 nitrogen and oxygen atoms in total. The lowest BCUT2D eigenvalue weighted by molar-refractivity contribution is -0.139. The SMILES string of the molecule is CN[C@@H](C)C(NC(=O)C(CCS(C)=O)NC(=O)NC(Cc1c[nH]c2ccccc12)C(=O)O)C(=O)N/C=C1/C[C@@H](O)[C@H](n2ccc(=O)[nH]c2=O)O1. The molecule has 9 N–H and O–H groups in total. The molecule has 2 aromatic heterocycles. The standard InChI is InChI=1S/C31H40N8O10S/c1-16(32-2)25(27(43)34-15-18-13-23(40)28(49-18)39-10-8-24(41)37-31(39)47)38-26(42)21(9-11-50(3)48)35-30(46)36-22(29(44)45)12-17-14-33-20-7-5-4-6-19(17)20/h4-8,10,14-16,21-23,25,28,32-33,40H,9,11-13H2,1-3H3,(H,34,43)(H,38,42)(H,44,45)(H2,35,36,46)(H,37,41,47)/b18-15-/t16-,21?,22?,23+,25?,28+,50?/m0/s1. The van der Waals surface area contributed by atoms with Gasteiger partial charge in [-0.3, -0.25) is 28.1 Å². The Bertz CT molecular complexity index is 1890. The summed E-state index contributed by atoms with van der Waals surface area (Å²) in [6.07, 6.45) is 2.84. The number of aromatic nitrogens is 3. The summed E-state index contributed by atoms with van der Waals surface area (Å²) in [5, 5.41) is 33.9. The Morgan fingerprint density at radius 1 is 1.10 bits per heavy atom. The second-order valence-electron chi connectivity index (χ2n) is 11.7. The predicted octanol–water partition coefficient (Wildman–Crippen LogP) is -1.52. The van der Waals surface area contributed by atoms with Crippen molar-refractivity contribution in [2.24, 2.45) is 0 Å². The highest BCUT2D eigenvalue weighted by molar-refractivity contribution is 7.84. The van der Waals surface area contributed by atoms with Crippen LogP contribution in [0, 0.1) is 0 Å². The number of benzene rings is 1. The lowest BCUT2D eigenvalue weighted by Gasteiger charge is -2.27. The van der Waals surface area contributed by atoms with Crippen LogP contribution in [-0.4, -0.2) is 102 Å². The van der Waals surface area contributed by atoms with Crippen LogP contribution in [0.5, 0.6) is 0 Å². The molecule has 0 bridgehead atoms. The monoisotopic (exact) mass is 716 g/mol. The third kappa shape index (κ3) is 9.67. The number of hydrogen-bond acceptors (Lipinski definition) is 10. The zero-order valence-electron chi connectivity index (χ0n) is 27.4. The van der Waals surface area contributed by atoms with E-state index in [-0.39, 0.29) is 30.8 Å². The van der Waals surface area contributed by atoms with Crippen LogP contribution in [0.15, 0.2) is 64.3 Å². The fourth-order valence-corrected chi connectivity index (χ4v) is 5.83. The third-order valence-electron chi connectivity index (χ3n) is 8.07. The maximum Gasteiger partial charge on any atom is 0.331 e. The molecule has 1 aromatic carbocycles. The van der Waals surface area contributed by atoms with Crippen LogP contribution < -0.4 is 37.8 Å². The van der Waals surface area contributed by atoms with Crippen molar-refractivity contribution in [3.05, 3.63) is 81.1 Å². The molecule has 3 aromatic rings. The van der Waals surface area contributed by atoms with Crippen LogP contribution >= 0.6 is 0 Å². The molecule has 0 aliphatic carbocycles. The lowest BCUT2D eigenvalue weighted by atomic mass is 10.1. The van der Waals surface area contributed by atoms with Crippen LogP contribution in [-0.2, 0) is 36.3 Å². The Morgan fingerprint density at radius 3 is 2.50 bits per heavy atom. The average molecular weight is 717 g/mol. The number of carbonyl (C=O) groups excluding carboxylic acids is 3. The molecule has 0 radical (unpaired) electrons. The van der Waals surface area contributed by atoms with Crippen molar-refractivity contribution >= 4 is 45.5 Å². The highest BCUT2D eigenvalue weighted by Crippen LogP contribution is 2.29. The number of urea groups is 1. The van der Waals surface area contributed by atoms with E-state index in [0.29, 0.717) is 5.56 Å². The van der Waals surface area contributed by atoms with Crippen molar-refractivity contribution in [2.75, 3.05) is 19.1 Å². The van der Waals surface area contributed by atoms with Crippen LogP contribution in [0.2, 0.25) is 0 Å². The minimum atomic E-state index is -1.35. The van der Waals surface area contributed by atoms with Gasteiger partial charge in [-0.1, -0.05) is 18.2 Å². The number of ether oxygens (including phenoxy) is 1. The number of rotatable bonds is 15. The van der Waals surface area contributed by atoms with Crippen molar-refractivity contribution in [3.8, 4) is 0 Å². The summed E-state index contributed by atoms with van der Waals surface area (Å²) < 4.78 is 18.5. The Labute approximate surface area is 287 Å². The molecule has 4 unspecified atom stereocenters. The normalized spacial score (nSPS) is 19.5. The van der Waals surface area contributed by atoms with E-state index in [2.05, 4.69) is 36.6 Å². The summed E-state index contributed by atoms with van der Waals surface area (Å²) in [7, 11) is 0.205. The first kappa shape index (κ1) is 37.5. The van der Waals surface area contributed by atoms with Gasteiger partial charge >= 0.3 is 17.7 Å². The van der Waals surface area contributed by atoms with Crippen molar-refractivity contribution in [2.45, 2.75) is 62.7 Å². The maximum atomic E-state index is 13.5. The fourth-order valence-electron chi connectivity index (χ4n) is 5.26. The number of carboxylic acid groups (broad SMARTS) is 1. The number of aliphatic hydroxyl groups excluding tert-OH is 1. The van der Waals surface area contributed by atoms with Gasteiger partial charge in [0.2, 0.25) is 18.0 Å². The minimum Gasteiger partial charge on any atom is -0.480 e. The molecule has 1 aliphatic rings. The molecule has 0 saturated carbocycles. The Hall–Kier alpha value is -5.27. The van der Waals surface area contributed by atoms with Gasteiger partial charge in [0, 0.05) is 77.3 Å². The van der Waals surface area contributed by atoms with E-state index in [1.807, 2.05) is 18.2 Å². The van der Waals surface area contributed by atoms with E-state index >= 15 is 0 Å². The number of nitrogens with one attached hydrogen (secondary N) is 7. The molecule has 1 saturated heterocycles. The number of aromatic amines is 2. The summed E-state index contributed by atoms with van der Waals surface area (Å²) in [5.41, 5.74) is 0.0350. The number of H-pyrrole nitrogens is 2. The van der Waals surface area contributed by atoms with E-state index < -0.39 is 82.4 Å². The number of aliphatic hydroxyl groups is 1. The summed E-state index contributed by atoms with van der Waals surface area (Å²) in [6.45, 7) is 1.62. The Morgan fingerprint density at radius 2 is 1.82 bits per heavy atom. The Balaban J connectivity index is 1.43. The largest absolute Gasteiger partial charge is 0.480 e. The zero-order chi connectivity index (χ0) is 36.5. The number of carbonyl (C=O) groups is 4. The second kappa shape index (κ2) is 16.9. The van der Waals surface area contributed by atoms with Gasteiger partial charge in [-0.2, -0.15) is 0 Å². The van der Waals surface area contributed by atoms with Crippen molar-refractivity contribution in [3.63, 3.8) is 0 Å². The van der Waals surface area contributed by atoms with E-state index in [9.17, 15) is 43.2 Å². The van der Waals surface area contributed by atoms with Crippen LogP contribution in [0.4, 0.5) is 4.79 Å². The molecule has 4 amide bonds. The van der Waals surface area contributed by atoms with Crippen LogP contribution in [0.25, 0.3) is 10.9 Å². The summed E-state index contributed by atoms with van der Waals surface area (Å²) >= 11 is 0. The first-order valence-electron chi connectivity index (χ1n) is 15.6. The van der Waals surface area contributed by atoms with Crippen molar-refractivity contribution < 1.29 is 38.3 Å². The molecule has 1 fully saturated rings. The van der Waals surface area contributed by atoms with Crippen molar-refractivity contribution in [1.82, 2.24) is 41.1 Å². The molecule has 7 atom stereocenters. The van der Waals surface area contributed by atoms with Gasteiger partial charge in [0.05, 0.1) is 0 Å². The summed E-state index contributed by atoms with van der Waals surface area (Å²) in [6, 6.07) is 2.88. The topological polar surface area (TPSA) is 266 Å². The van der Waals surface area contributed by atoms with Gasteiger partial charge < -0.3 is 46.5 Å². The molecular formula is C31H40N8O10S. The second-order valence-corrected chi connectivity index (χ2v) is 13.2. The van der Waals surface area contributed by atoms with Gasteiger partial charge in [-0.15, -0.1) is 0 Å². The molecule has 4 rings (SSSR count). The number of nitrogens with zero attached hydrogens (tertiary/aromatic N) is 1. The maximum absolute atomic E-state index is 13.5. The first-order chi connectivity index (χ1) is 23.8. The molecule has 0 spiro atoms. The lowest BCUT2D eigenvalue weighted by Crippen LogP contribution is -2.60. The average Bonchev–Trinajstić information content (AvgIpc) is 3.65. The molecule has 270 valence electrons. The van der Waals surface area contributed by atoms with Crippen LogP contribution in [0.1, 0.15) is 31.6 Å². The predicted molar refractivity (Wildman–Crippen MR) is 181 cm³/mol. The van der Waals surface area contributed by atoms with Gasteiger partial charge in [0.15, 0.2) is 0 Å². The van der Waals surface area contributed by atoms with E-state index in [1.165, 1.54) is 18.7 Å². The number of hydrogen-bond donors (Lipinski definition) is 9. The highest BCUT2D eigenvalue weighted by atomic mass is 32.2. The van der Waals surface area contributed by atoms with E-state index in [4.69, 9.17) is 4.74 Å². The number of amides is 4. The van der Waals surface area contributed by atoms with Gasteiger partial charge in [-0.25, -0.2) is 14.4 Å². The number of fused-ring (bicyclic) bond motifs is 1. The molecule has 19 heteroatoms. The molecule has 50 heavy (non-hydrogen) atoms. The minimum absolute atomic E-state index is 0.0137. The van der Waals surface area contributed by atoms with Gasteiger partial charge in [-0.05, 0) is 32.0 Å². The number of carboxylic acids is 1. The Kier molecular flexibility index (Phi) is 12.7. The smallest absolute Gasteiger partial charge is 0.331 e. The third-order valence-corrected chi connectivity index (χ3v) is 8.88.